The van der Waals surface area contributed by atoms with Crippen LogP contribution >= 0.6 is 0 Å². The summed E-state index contributed by atoms with van der Waals surface area (Å²) in [7, 11) is 0. The van der Waals surface area contributed by atoms with Crippen molar-refractivity contribution in [1.29, 1.82) is 0 Å². The largest absolute Gasteiger partial charge is 0.508 e. The molecule has 1 aromatic carbocycles. The Morgan fingerprint density at radius 3 is 2.95 bits per heavy atom. The number of aromatic hydroxyl groups is 1. The monoisotopic (exact) mass is 296 g/mol. The fourth-order valence-electron chi connectivity index (χ4n) is 3.27. The third-order valence-electron chi connectivity index (χ3n) is 4.44. The molecule has 1 aliphatic rings. The van der Waals surface area contributed by atoms with Crippen LogP contribution in [0.4, 0.5) is 0 Å². The molecule has 22 heavy (non-hydrogen) atoms. The molecule has 0 bridgehead atoms. The van der Waals surface area contributed by atoms with Crippen molar-refractivity contribution in [3.05, 3.63) is 58.9 Å². The highest BCUT2D eigenvalue weighted by Gasteiger charge is 2.14. The normalized spacial score (nSPS) is 15.3. The van der Waals surface area contributed by atoms with Crippen molar-refractivity contribution in [1.82, 2.24) is 10.3 Å². The number of benzene rings is 1. The van der Waals surface area contributed by atoms with Crippen LogP contribution in [0.3, 0.4) is 0 Å². The Morgan fingerprint density at radius 1 is 1.23 bits per heavy atom. The van der Waals surface area contributed by atoms with Crippen LogP contribution in [0.25, 0.3) is 0 Å². The zero-order chi connectivity index (χ0) is 15.4. The van der Waals surface area contributed by atoms with Crippen molar-refractivity contribution in [2.75, 3.05) is 0 Å². The standard InChI is InChI=1S/C19H24N2O/c1-14(11-15-5-4-7-17(22)12-15)21-13-19-18-8-3-2-6-16(18)9-10-20-19/h4-5,7,9-10,12,14,21-22H,2-3,6,8,11,13H2,1H3. The lowest BCUT2D eigenvalue weighted by atomic mass is 9.91. The van der Waals surface area contributed by atoms with Gasteiger partial charge in [0.15, 0.2) is 0 Å². The number of phenolic OH excluding ortho intramolecular Hbond substituents is 1. The van der Waals surface area contributed by atoms with E-state index < -0.39 is 0 Å². The van der Waals surface area contributed by atoms with E-state index in [0.717, 1.165) is 18.5 Å². The molecule has 116 valence electrons. The van der Waals surface area contributed by atoms with Crippen molar-refractivity contribution < 1.29 is 5.11 Å². The molecule has 0 spiro atoms. The molecule has 1 aromatic heterocycles. The Balaban J connectivity index is 1.60. The number of hydrogen-bond donors (Lipinski definition) is 2. The second-order valence-corrected chi connectivity index (χ2v) is 6.26. The first-order valence-electron chi connectivity index (χ1n) is 8.19. The Kier molecular flexibility index (Phi) is 4.74. The molecule has 0 fully saturated rings. The van der Waals surface area contributed by atoms with E-state index in [4.69, 9.17) is 0 Å². The first-order chi connectivity index (χ1) is 10.7. The summed E-state index contributed by atoms with van der Waals surface area (Å²) < 4.78 is 0. The van der Waals surface area contributed by atoms with Gasteiger partial charge >= 0.3 is 0 Å². The number of nitrogens with one attached hydrogen (secondary N) is 1. The molecule has 3 rings (SSSR count). The van der Waals surface area contributed by atoms with Gasteiger partial charge < -0.3 is 10.4 Å². The van der Waals surface area contributed by atoms with Crippen molar-refractivity contribution in [3.63, 3.8) is 0 Å². The molecule has 1 unspecified atom stereocenters. The van der Waals surface area contributed by atoms with Crippen LogP contribution in [0, 0.1) is 0 Å². The minimum absolute atomic E-state index is 0.337. The number of nitrogens with zero attached hydrogens (tertiary/aromatic N) is 1. The first kappa shape index (κ1) is 15.0. The summed E-state index contributed by atoms with van der Waals surface area (Å²) >= 11 is 0. The van der Waals surface area contributed by atoms with E-state index >= 15 is 0 Å². The van der Waals surface area contributed by atoms with E-state index in [2.05, 4.69) is 29.4 Å². The third kappa shape index (κ3) is 3.66. The SMILES string of the molecule is CC(Cc1cccc(O)c1)NCc1nccc2c1CCCC2. The number of phenols is 1. The molecule has 2 aromatic rings. The van der Waals surface area contributed by atoms with E-state index in [1.165, 1.54) is 42.5 Å². The Bertz CT molecular complexity index is 639. The molecule has 2 N–H and O–H groups in total. The number of aromatic nitrogens is 1. The van der Waals surface area contributed by atoms with Gasteiger partial charge in [0.25, 0.3) is 0 Å². The molecular weight excluding hydrogens is 272 g/mol. The topological polar surface area (TPSA) is 45.1 Å². The number of hydrogen-bond acceptors (Lipinski definition) is 3. The molecule has 3 nitrogen and oxygen atoms in total. The summed E-state index contributed by atoms with van der Waals surface area (Å²) in [6.07, 6.45) is 7.80. The Morgan fingerprint density at radius 2 is 2.09 bits per heavy atom. The van der Waals surface area contributed by atoms with Gasteiger partial charge in [-0.2, -0.15) is 0 Å². The highest BCUT2D eigenvalue weighted by atomic mass is 16.3. The van der Waals surface area contributed by atoms with Gasteiger partial charge in [0, 0.05) is 18.8 Å². The quantitative estimate of drug-likeness (QED) is 0.889. The van der Waals surface area contributed by atoms with Gasteiger partial charge in [-0.3, -0.25) is 4.98 Å². The van der Waals surface area contributed by atoms with Gasteiger partial charge in [-0.1, -0.05) is 12.1 Å². The second kappa shape index (κ2) is 6.93. The lowest BCUT2D eigenvalue weighted by Gasteiger charge is -2.20. The van der Waals surface area contributed by atoms with Crippen LogP contribution < -0.4 is 5.32 Å². The maximum absolute atomic E-state index is 9.54. The molecule has 0 saturated carbocycles. The Labute approximate surface area is 132 Å². The predicted molar refractivity (Wildman–Crippen MR) is 89.0 cm³/mol. The number of pyridine rings is 1. The number of rotatable bonds is 5. The summed E-state index contributed by atoms with van der Waals surface area (Å²) in [5, 5.41) is 13.1. The molecule has 0 amide bonds. The minimum atomic E-state index is 0.337. The maximum Gasteiger partial charge on any atom is 0.115 e. The van der Waals surface area contributed by atoms with Gasteiger partial charge in [-0.25, -0.2) is 0 Å². The summed E-state index contributed by atoms with van der Waals surface area (Å²) in [6, 6.07) is 10.0. The lowest BCUT2D eigenvalue weighted by molar-refractivity contribution is 0.473. The lowest BCUT2D eigenvalue weighted by Crippen LogP contribution is -2.28. The van der Waals surface area contributed by atoms with E-state index in [9.17, 15) is 5.11 Å². The minimum Gasteiger partial charge on any atom is -0.508 e. The number of aryl methyl sites for hydroxylation is 1. The average molecular weight is 296 g/mol. The zero-order valence-electron chi connectivity index (χ0n) is 13.2. The maximum atomic E-state index is 9.54. The second-order valence-electron chi connectivity index (χ2n) is 6.26. The summed E-state index contributed by atoms with van der Waals surface area (Å²) in [5.74, 6) is 0.337. The van der Waals surface area contributed by atoms with Crippen LogP contribution in [-0.2, 0) is 25.8 Å². The fraction of sp³-hybridized carbons (Fsp3) is 0.421. The molecule has 1 heterocycles. The van der Waals surface area contributed by atoms with Crippen molar-refractivity contribution >= 4 is 0 Å². The van der Waals surface area contributed by atoms with Crippen LogP contribution in [0.1, 0.15) is 42.1 Å². The van der Waals surface area contributed by atoms with Gasteiger partial charge in [0.05, 0.1) is 5.69 Å². The average Bonchev–Trinajstić information content (AvgIpc) is 2.53. The zero-order valence-corrected chi connectivity index (χ0v) is 13.2. The van der Waals surface area contributed by atoms with Crippen molar-refractivity contribution in [2.45, 2.75) is 51.6 Å². The smallest absolute Gasteiger partial charge is 0.115 e. The highest BCUT2D eigenvalue weighted by Crippen LogP contribution is 2.23. The van der Waals surface area contributed by atoms with E-state index in [1.54, 1.807) is 6.07 Å². The van der Waals surface area contributed by atoms with E-state index in [1.807, 2.05) is 18.3 Å². The van der Waals surface area contributed by atoms with Crippen molar-refractivity contribution in [3.8, 4) is 5.75 Å². The highest BCUT2D eigenvalue weighted by molar-refractivity contribution is 5.32. The van der Waals surface area contributed by atoms with Crippen LogP contribution in [0.5, 0.6) is 5.75 Å². The predicted octanol–water partition coefficient (Wildman–Crippen LogP) is 3.39. The van der Waals surface area contributed by atoms with Gasteiger partial charge in [0.2, 0.25) is 0 Å². The molecular formula is C19H24N2O. The van der Waals surface area contributed by atoms with Gasteiger partial charge in [-0.15, -0.1) is 0 Å². The first-order valence-corrected chi connectivity index (χ1v) is 8.19. The molecule has 0 saturated heterocycles. The summed E-state index contributed by atoms with van der Waals surface area (Å²) in [4.78, 5) is 4.58. The van der Waals surface area contributed by atoms with Crippen LogP contribution in [-0.4, -0.2) is 16.1 Å². The molecule has 1 aliphatic carbocycles. The molecule has 1 atom stereocenters. The van der Waals surface area contributed by atoms with E-state index in [-0.39, 0.29) is 0 Å². The fourth-order valence-corrected chi connectivity index (χ4v) is 3.27. The number of fused-ring (bicyclic) bond motifs is 1. The summed E-state index contributed by atoms with van der Waals surface area (Å²) in [6.45, 7) is 3.00. The third-order valence-corrected chi connectivity index (χ3v) is 4.44. The van der Waals surface area contributed by atoms with Crippen LogP contribution in [0.15, 0.2) is 36.5 Å². The molecule has 0 aliphatic heterocycles. The van der Waals surface area contributed by atoms with Crippen LogP contribution in [0.2, 0.25) is 0 Å². The Hall–Kier alpha value is -1.87. The van der Waals surface area contributed by atoms with Gasteiger partial charge in [0.1, 0.15) is 5.75 Å². The molecule has 3 heteroatoms. The van der Waals surface area contributed by atoms with Crippen molar-refractivity contribution in [2.24, 2.45) is 0 Å². The molecule has 0 radical (unpaired) electrons. The summed E-state index contributed by atoms with van der Waals surface area (Å²) in [5.41, 5.74) is 5.31. The van der Waals surface area contributed by atoms with Gasteiger partial charge in [-0.05, 0) is 73.9 Å². The van der Waals surface area contributed by atoms with E-state index in [0.29, 0.717) is 11.8 Å².